The number of amides is 1. The molecule has 0 unspecified atom stereocenters. The molecule has 3 rings (SSSR count). The molecule has 0 aliphatic carbocycles. The van der Waals surface area contributed by atoms with Gasteiger partial charge in [0.05, 0.1) is 23.4 Å². The van der Waals surface area contributed by atoms with Gasteiger partial charge in [-0.15, -0.1) is 11.3 Å². The summed E-state index contributed by atoms with van der Waals surface area (Å²) in [6.07, 6.45) is 4.20. The molecule has 132 valence electrons. The number of nitrogens with zero attached hydrogens (tertiary/aromatic N) is 4. The highest BCUT2D eigenvalue weighted by Crippen LogP contribution is 2.21. The Labute approximate surface area is 149 Å². The van der Waals surface area contributed by atoms with E-state index in [1.165, 1.54) is 22.2 Å². The zero-order valence-corrected chi connectivity index (χ0v) is 15.6. The van der Waals surface area contributed by atoms with E-state index in [1.54, 1.807) is 4.68 Å². The molecule has 0 aliphatic rings. The van der Waals surface area contributed by atoms with E-state index in [0.29, 0.717) is 5.39 Å². The minimum atomic E-state index is -0.232. The number of aryl methyl sites for hydroxylation is 3. The van der Waals surface area contributed by atoms with Crippen molar-refractivity contribution in [3.05, 3.63) is 45.1 Å². The average molecular weight is 359 g/mol. The molecule has 0 radical (unpaired) electrons. The summed E-state index contributed by atoms with van der Waals surface area (Å²) in [5, 5.41) is 7.77. The third-order valence-corrected chi connectivity index (χ3v) is 5.31. The van der Waals surface area contributed by atoms with Crippen LogP contribution < -0.4 is 10.9 Å². The van der Waals surface area contributed by atoms with Crippen molar-refractivity contribution in [1.29, 1.82) is 0 Å². The van der Waals surface area contributed by atoms with Crippen LogP contribution >= 0.6 is 11.3 Å². The Morgan fingerprint density at radius 1 is 1.44 bits per heavy atom. The van der Waals surface area contributed by atoms with E-state index in [2.05, 4.69) is 15.4 Å². The Hall–Kier alpha value is -2.48. The van der Waals surface area contributed by atoms with Crippen LogP contribution in [0.1, 0.15) is 36.0 Å². The summed E-state index contributed by atoms with van der Waals surface area (Å²) in [7, 11) is 1.84. The van der Waals surface area contributed by atoms with Gasteiger partial charge in [0.25, 0.3) is 5.56 Å². The number of thiophene rings is 1. The van der Waals surface area contributed by atoms with Crippen LogP contribution in [0.4, 0.5) is 0 Å². The minimum Gasteiger partial charge on any atom is -0.348 e. The second-order valence-electron chi connectivity index (χ2n) is 6.10. The summed E-state index contributed by atoms with van der Waals surface area (Å²) in [5.74, 6) is -0.232. The van der Waals surface area contributed by atoms with E-state index in [1.807, 2.05) is 40.1 Å². The van der Waals surface area contributed by atoms with E-state index >= 15 is 0 Å². The molecule has 0 saturated carbocycles. The third-order valence-electron chi connectivity index (χ3n) is 4.13. The first-order valence-corrected chi connectivity index (χ1v) is 8.98. The molecule has 3 aromatic heterocycles. The average Bonchev–Trinajstić information content (AvgIpc) is 3.13. The van der Waals surface area contributed by atoms with Gasteiger partial charge in [0.1, 0.15) is 11.4 Å². The Balaban J connectivity index is 1.76. The first kappa shape index (κ1) is 17.3. The molecule has 0 aromatic carbocycles. The predicted molar refractivity (Wildman–Crippen MR) is 97.8 cm³/mol. The number of nitrogens with one attached hydrogen (secondary N) is 1. The summed E-state index contributed by atoms with van der Waals surface area (Å²) in [4.78, 5) is 31.0. The summed E-state index contributed by atoms with van der Waals surface area (Å²) in [6, 6.07) is 1.69. The zero-order chi connectivity index (χ0) is 18.1. The second kappa shape index (κ2) is 6.79. The molecule has 1 atom stereocenters. The molecule has 0 spiro atoms. The first-order chi connectivity index (χ1) is 11.9. The van der Waals surface area contributed by atoms with Crippen LogP contribution in [0.5, 0.6) is 0 Å². The molecule has 3 aromatic rings. The monoisotopic (exact) mass is 359 g/mol. The van der Waals surface area contributed by atoms with Gasteiger partial charge in [0.15, 0.2) is 0 Å². The Kier molecular flexibility index (Phi) is 4.71. The standard InChI is InChI=1S/C17H21N5O2S/c1-5-12-6-13-16(25-12)18-9-22(17(13)24)8-15(23)19-10(2)14-7-21(4)20-11(14)3/h6-7,9-10H,5,8H2,1-4H3,(H,19,23)/t10-/m0/s1. The maximum Gasteiger partial charge on any atom is 0.262 e. The van der Waals surface area contributed by atoms with Gasteiger partial charge in [0.2, 0.25) is 5.91 Å². The van der Waals surface area contributed by atoms with Gasteiger partial charge in [-0.05, 0) is 26.3 Å². The first-order valence-electron chi connectivity index (χ1n) is 8.16. The molecular weight excluding hydrogens is 338 g/mol. The van der Waals surface area contributed by atoms with Crippen LogP contribution in [0.25, 0.3) is 10.2 Å². The van der Waals surface area contributed by atoms with E-state index in [-0.39, 0.29) is 24.1 Å². The number of rotatable bonds is 5. The minimum absolute atomic E-state index is 0.0528. The number of carbonyl (C=O) groups excluding carboxylic acids is 1. The lowest BCUT2D eigenvalue weighted by Crippen LogP contribution is -2.33. The van der Waals surface area contributed by atoms with Crippen molar-refractivity contribution in [3.8, 4) is 0 Å². The van der Waals surface area contributed by atoms with Gasteiger partial charge >= 0.3 is 0 Å². The van der Waals surface area contributed by atoms with Gasteiger partial charge in [-0.3, -0.25) is 18.8 Å². The Morgan fingerprint density at radius 3 is 2.84 bits per heavy atom. The van der Waals surface area contributed by atoms with Crippen molar-refractivity contribution in [3.63, 3.8) is 0 Å². The highest BCUT2D eigenvalue weighted by atomic mass is 32.1. The van der Waals surface area contributed by atoms with Crippen molar-refractivity contribution in [2.24, 2.45) is 7.05 Å². The van der Waals surface area contributed by atoms with Gasteiger partial charge < -0.3 is 5.32 Å². The normalized spacial score (nSPS) is 12.5. The molecule has 1 amide bonds. The van der Waals surface area contributed by atoms with Gasteiger partial charge in [0, 0.05) is 23.7 Å². The van der Waals surface area contributed by atoms with E-state index in [9.17, 15) is 9.59 Å². The maximum atomic E-state index is 12.5. The van der Waals surface area contributed by atoms with Crippen LogP contribution in [0.2, 0.25) is 0 Å². The molecule has 0 bridgehead atoms. The van der Waals surface area contributed by atoms with Crippen LogP contribution in [-0.2, 0) is 24.8 Å². The molecule has 7 nitrogen and oxygen atoms in total. The summed E-state index contributed by atoms with van der Waals surface area (Å²) in [5.41, 5.74) is 1.66. The number of fused-ring (bicyclic) bond motifs is 1. The van der Waals surface area contributed by atoms with E-state index in [4.69, 9.17) is 0 Å². The van der Waals surface area contributed by atoms with Crippen molar-refractivity contribution < 1.29 is 4.79 Å². The fourth-order valence-electron chi connectivity index (χ4n) is 2.86. The number of carbonyl (C=O) groups is 1. The zero-order valence-electron chi connectivity index (χ0n) is 14.7. The molecule has 0 fully saturated rings. The van der Waals surface area contributed by atoms with Crippen LogP contribution in [0.3, 0.4) is 0 Å². The molecule has 1 N–H and O–H groups in total. The largest absolute Gasteiger partial charge is 0.348 e. The highest BCUT2D eigenvalue weighted by Gasteiger charge is 2.16. The molecule has 25 heavy (non-hydrogen) atoms. The summed E-state index contributed by atoms with van der Waals surface area (Å²) >= 11 is 1.52. The van der Waals surface area contributed by atoms with Gasteiger partial charge in [-0.1, -0.05) is 6.92 Å². The van der Waals surface area contributed by atoms with Gasteiger partial charge in [-0.25, -0.2) is 4.98 Å². The van der Waals surface area contributed by atoms with Crippen LogP contribution in [0.15, 0.2) is 23.4 Å². The lowest BCUT2D eigenvalue weighted by molar-refractivity contribution is -0.122. The van der Waals surface area contributed by atoms with Crippen LogP contribution in [0, 0.1) is 6.92 Å². The topological polar surface area (TPSA) is 81.8 Å². The maximum absolute atomic E-state index is 12.5. The summed E-state index contributed by atoms with van der Waals surface area (Å²) < 4.78 is 3.07. The fourth-order valence-corrected chi connectivity index (χ4v) is 3.78. The highest BCUT2D eigenvalue weighted by molar-refractivity contribution is 7.18. The molecular formula is C17H21N5O2S. The number of hydrogen-bond donors (Lipinski definition) is 1. The molecule has 0 aliphatic heterocycles. The van der Waals surface area contributed by atoms with E-state index < -0.39 is 0 Å². The molecule has 0 saturated heterocycles. The smallest absolute Gasteiger partial charge is 0.262 e. The second-order valence-corrected chi connectivity index (χ2v) is 7.21. The fraction of sp³-hybridized carbons (Fsp3) is 0.412. The molecule has 8 heteroatoms. The van der Waals surface area contributed by atoms with Crippen molar-refractivity contribution in [2.75, 3.05) is 0 Å². The van der Waals surface area contributed by atoms with Crippen molar-refractivity contribution >= 4 is 27.5 Å². The third kappa shape index (κ3) is 3.48. The Bertz CT molecular complexity index is 985. The lowest BCUT2D eigenvalue weighted by Gasteiger charge is -2.13. The number of hydrogen-bond acceptors (Lipinski definition) is 5. The van der Waals surface area contributed by atoms with Gasteiger partial charge in [-0.2, -0.15) is 5.10 Å². The predicted octanol–water partition coefficient (Wildman–Crippen LogP) is 1.94. The number of aromatic nitrogens is 4. The van der Waals surface area contributed by atoms with E-state index in [0.717, 1.165) is 27.4 Å². The SMILES string of the molecule is CCc1cc2c(=O)n(CC(=O)N[C@@H](C)c3cn(C)nc3C)cnc2s1. The summed E-state index contributed by atoms with van der Waals surface area (Å²) in [6.45, 7) is 5.79. The lowest BCUT2D eigenvalue weighted by atomic mass is 10.1. The quantitative estimate of drug-likeness (QED) is 0.755. The van der Waals surface area contributed by atoms with Crippen LogP contribution in [-0.4, -0.2) is 25.2 Å². The van der Waals surface area contributed by atoms with Crippen molar-refractivity contribution in [1.82, 2.24) is 24.6 Å². The Morgan fingerprint density at radius 2 is 2.20 bits per heavy atom. The van der Waals surface area contributed by atoms with Crippen molar-refractivity contribution in [2.45, 2.75) is 39.8 Å². The molecule has 3 heterocycles.